The summed E-state index contributed by atoms with van der Waals surface area (Å²) in [5.74, 6) is 1.55. The molecule has 2 aliphatic rings. The van der Waals surface area contributed by atoms with Gasteiger partial charge in [0.1, 0.15) is 5.60 Å². The quantitative estimate of drug-likeness (QED) is 0.759. The van der Waals surface area contributed by atoms with Crippen LogP contribution >= 0.6 is 0 Å². The van der Waals surface area contributed by atoms with Crippen LogP contribution in [0, 0.1) is 5.92 Å². The number of ether oxygens (including phenoxy) is 4. The second-order valence-corrected chi connectivity index (χ2v) is 6.25. The Kier molecular flexibility index (Phi) is 5.26. The van der Waals surface area contributed by atoms with E-state index in [-0.39, 0.29) is 18.1 Å². The van der Waals surface area contributed by atoms with Crippen molar-refractivity contribution in [2.75, 3.05) is 46.6 Å². The number of benzene rings is 1. The smallest absolute Gasteiger partial charge is 0.260 e. The van der Waals surface area contributed by atoms with Gasteiger partial charge in [-0.15, -0.1) is 0 Å². The van der Waals surface area contributed by atoms with Gasteiger partial charge >= 0.3 is 0 Å². The SMILES string of the molecule is CCOCC1CCOC12CN(C(=O)COc1ccccc1OC)C2. The maximum absolute atomic E-state index is 12.3. The third kappa shape index (κ3) is 3.35. The van der Waals surface area contributed by atoms with Crippen LogP contribution in [0.25, 0.3) is 0 Å². The van der Waals surface area contributed by atoms with Crippen molar-refractivity contribution in [2.24, 2.45) is 5.92 Å². The topological polar surface area (TPSA) is 57.2 Å². The number of nitrogens with zero attached hydrogens (tertiary/aromatic N) is 1. The van der Waals surface area contributed by atoms with Crippen LogP contribution in [0.4, 0.5) is 0 Å². The van der Waals surface area contributed by atoms with E-state index in [0.717, 1.165) is 13.0 Å². The number of rotatable bonds is 7. The van der Waals surface area contributed by atoms with Crippen LogP contribution < -0.4 is 9.47 Å². The summed E-state index contributed by atoms with van der Waals surface area (Å²) in [6, 6.07) is 7.32. The molecule has 0 bridgehead atoms. The summed E-state index contributed by atoms with van der Waals surface area (Å²) >= 11 is 0. The molecule has 132 valence electrons. The van der Waals surface area contributed by atoms with Gasteiger partial charge in [-0.05, 0) is 25.5 Å². The molecule has 1 unspecified atom stereocenters. The van der Waals surface area contributed by atoms with Crippen LogP contribution in [0.3, 0.4) is 0 Å². The molecule has 1 aromatic carbocycles. The Balaban J connectivity index is 1.50. The van der Waals surface area contributed by atoms with Crippen LogP contribution in [0.2, 0.25) is 0 Å². The molecule has 0 aromatic heterocycles. The first-order valence-corrected chi connectivity index (χ1v) is 8.44. The number of hydrogen-bond donors (Lipinski definition) is 0. The summed E-state index contributed by atoms with van der Waals surface area (Å²) in [7, 11) is 1.58. The van der Waals surface area contributed by atoms with Crippen molar-refractivity contribution in [3.8, 4) is 11.5 Å². The highest BCUT2D eigenvalue weighted by Gasteiger charge is 2.54. The number of hydrogen-bond acceptors (Lipinski definition) is 5. The zero-order chi connectivity index (χ0) is 17.0. The Morgan fingerprint density at radius 1 is 1.33 bits per heavy atom. The van der Waals surface area contributed by atoms with Gasteiger partial charge in [-0.1, -0.05) is 12.1 Å². The largest absolute Gasteiger partial charge is 0.493 e. The standard InChI is InChI=1S/C18H25NO5/c1-3-22-10-14-8-9-24-18(14)12-19(13-18)17(20)11-23-16-7-5-4-6-15(16)21-2/h4-7,14H,3,8-13H2,1-2H3. The summed E-state index contributed by atoms with van der Waals surface area (Å²) in [5, 5.41) is 0. The lowest BCUT2D eigenvalue weighted by Gasteiger charge is -2.50. The first-order chi connectivity index (χ1) is 11.7. The summed E-state index contributed by atoms with van der Waals surface area (Å²) in [5.41, 5.74) is -0.213. The van der Waals surface area contributed by atoms with E-state index in [2.05, 4.69) is 0 Å². The number of amides is 1. The van der Waals surface area contributed by atoms with Crippen molar-refractivity contribution >= 4 is 5.91 Å². The molecule has 0 N–H and O–H groups in total. The minimum Gasteiger partial charge on any atom is -0.493 e. The first kappa shape index (κ1) is 17.0. The predicted octanol–water partition coefficient (Wildman–Crippen LogP) is 1.73. The fourth-order valence-electron chi connectivity index (χ4n) is 3.38. The van der Waals surface area contributed by atoms with Crippen molar-refractivity contribution in [1.82, 2.24) is 4.90 Å². The molecule has 0 saturated carbocycles. The van der Waals surface area contributed by atoms with E-state index < -0.39 is 0 Å². The predicted molar refractivity (Wildman–Crippen MR) is 88.4 cm³/mol. The molecule has 1 aromatic rings. The zero-order valence-electron chi connectivity index (χ0n) is 14.3. The van der Waals surface area contributed by atoms with E-state index >= 15 is 0 Å². The molecule has 6 heteroatoms. The van der Waals surface area contributed by atoms with Crippen LogP contribution in [0.1, 0.15) is 13.3 Å². The highest BCUT2D eigenvalue weighted by molar-refractivity contribution is 5.79. The van der Waals surface area contributed by atoms with E-state index in [1.807, 2.05) is 25.1 Å². The van der Waals surface area contributed by atoms with Crippen LogP contribution in [0.15, 0.2) is 24.3 Å². The molecule has 6 nitrogen and oxygen atoms in total. The van der Waals surface area contributed by atoms with Crippen molar-refractivity contribution in [1.29, 1.82) is 0 Å². The van der Waals surface area contributed by atoms with Crippen molar-refractivity contribution in [2.45, 2.75) is 18.9 Å². The Morgan fingerprint density at radius 2 is 2.08 bits per heavy atom. The van der Waals surface area contributed by atoms with Gasteiger partial charge in [0.25, 0.3) is 5.91 Å². The molecular formula is C18H25NO5. The van der Waals surface area contributed by atoms with Gasteiger partial charge in [-0.3, -0.25) is 4.79 Å². The first-order valence-electron chi connectivity index (χ1n) is 8.44. The van der Waals surface area contributed by atoms with Crippen LogP contribution in [0.5, 0.6) is 11.5 Å². The second kappa shape index (κ2) is 7.40. The van der Waals surface area contributed by atoms with Crippen LogP contribution in [-0.4, -0.2) is 63.0 Å². The van der Waals surface area contributed by atoms with Crippen molar-refractivity contribution in [3.63, 3.8) is 0 Å². The summed E-state index contributed by atoms with van der Waals surface area (Å²) in [6.07, 6.45) is 1.000. The monoisotopic (exact) mass is 335 g/mol. The Hall–Kier alpha value is -1.79. The lowest BCUT2D eigenvalue weighted by molar-refractivity contribution is -0.170. The van der Waals surface area contributed by atoms with Gasteiger partial charge in [0.2, 0.25) is 0 Å². The third-order valence-corrected chi connectivity index (χ3v) is 4.81. The van der Waals surface area contributed by atoms with Crippen LogP contribution in [-0.2, 0) is 14.3 Å². The molecule has 24 heavy (non-hydrogen) atoms. The second-order valence-electron chi connectivity index (χ2n) is 6.25. The van der Waals surface area contributed by atoms with E-state index in [0.29, 0.717) is 43.7 Å². The summed E-state index contributed by atoms with van der Waals surface area (Å²) < 4.78 is 22.3. The van der Waals surface area contributed by atoms with E-state index in [1.165, 1.54) is 0 Å². The molecule has 0 radical (unpaired) electrons. The normalized spacial score (nSPS) is 21.6. The number of carbonyl (C=O) groups is 1. The van der Waals surface area contributed by atoms with Gasteiger partial charge in [-0.25, -0.2) is 0 Å². The summed E-state index contributed by atoms with van der Waals surface area (Å²) in [4.78, 5) is 14.1. The molecule has 2 aliphatic heterocycles. The highest BCUT2D eigenvalue weighted by atomic mass is 16.5. The molecule has 3 rings (SSSR count). The lowest BCUT2D eigenvalue weighted by atomic mass is 9.81. The number of methoxy groups -OCH3 is 1. The maximum atomic E-state index is 12.3. The molecule has 2 fully saturated rings. The molecule has 0 aliphatic carbocycles. The number of carbonyl (C=O) groups excluding carboxylic acids is 1. The molecule has 2 heterocycles. The van der Waals surface area contributed by atoms with Gasteiger partial charge in [0.05, 0.1) is 26.8 Å². The van der Waals surface area contributed by atoms with Crippen molar-refractivity contribution < 1.29 is 23.7 Å². The fraction of sp³-hybridized carbons (Fsp3) is 0.611. The summed E-state index contributed by atoms with van der Waals surface area (Å²) in [6.45, 7) is 5.41. The van der Waals surface area contributed by atoms with Gasteiger partial charge in [-0.2, -0.15) is 0 Å². The highest BCUT2D eigenvalue weighted by Crippen LogP contribution is 2.40. The van der Waals surface area contributed by atoms with E-state index in [1.54, 1.807) is 18.1 Å². The molecule has 1 spiro atoms. The minimum absolute atomic E-state index is 0.00653. The lowest BCUT2D eigenvalue weighted by Crippen LogP contribution is -2.67. The van der Waals surface area contributed by atoms with Gasteiger partial charge in [0.15, 0.2) is 18.1 Å². The molecule has 1 atom stereocenters. The Morgan fingerprint density at radius 3 is 2.79 bits per heavy atom. The number of likely N-dealkylation sites (tertiary alicyclic amines) is 1. The average molecular weight is 335 g/mol. The number of para-hydroxylation sites is 2. The fourth-order valence-corrected chi connectivity index (χ4v) is 3.38. The van der Waals surface area contributed by atoms with E-state index in [4.69, 9.17) is 18.9 Å². The average Bonchev–Trinajstić information content (AvgIpc) is 3.00. The van der Waals surface area contributed by atoms with Gasteiger partial charge in [0, 0.05) is 19.1 Å². The Bertz CT molecular complexity index is 570. The molecule has 2 saturated heterocycles. The zero-order valence-corrected chi connectivity index (χ0v) is 14.3. The molecular weight excluding hydrogens is 310 g/mol. The van der Waals surface area contributed by atoms with E-state index in [9.17, 15) is 4.79 Å². The third-order valence-electron chi connectivity index (χ3n) is 4.81. The van der Waals surface area contributed by atoms with Gasteiger partial charge < -0.3 is 23.8 Å². The minimum atomic E-state index is -0.213. The van der Waals surface area contributed by atoms with Crippen molar-refractivity contribution in [3.05, 3.63) is 24.3 Å². The molecule has 1 amide bonds. The Labute approximate surface area is 142 Å². The maximum Gasteiger partial charge on any atom is 0.260 e.